The summed E-state index contributed by atoms with van der Waals surface area (Å²) in [5, 5.41) is 5.64. The van der Waals surface area contributed by atoms with Gasteiger partial charge in [-0.15, -0.1) is 11.8 Å². The molecule has 0 fully saturated rings. The summed E-state index contributed by atoms with van der Waals surface area (Å²) in [4.78, 5) is 28.6. The summed E-state index contributed by atoms with van der Waals surface area (Å²) in [6, 6.07) is 0.994. The lowest BCUT2D eigenvalue weighted by Crippen LogP contribution is -2.46. The summed E-state index contributed by atoms with van der Waals surface area (Å²) in [5.74, 6) is 0.0783. The molecule has 0 saturated heterocycles. The highest BCUT2D eigenvalue weighted by Gasteiger charge is 2.27. The Bertz CT molecular complexity index is 574. The molecule has 1 aliphatic rings. The number of aromatic nitrogens is 1. The van der Waals surface area contributed by atoms with E-state index in [0.29, 0.717) is 16.6 Å². The van der Waals surface area contributed by atoms with Crippen LogP contribution >= 0.6 is 23.4 Å². The maximum atomic E-state index is 12.1. The van der Waals surface area contributed by atoms with Gasteiger partial charge in [-0.2, -0.15) is 0 Å². The molecule has 6 nitrogen and oxygen atoms in total. The lowest BCUT2D eigenvalue weighted by atomic mass is 10.2. The first-order valence-corrected chi connectivity index (χ1v) is 7.70. The molecule has 0 aromatic carbocycles. The molecule has 2 amide bonds. The molecule has 2 rings (SSSR count). The van der Waals surface area contributed by atoms with Crippen molar-refractivity contribution in [2.24, 2.45) is 0 Å². The van der Waals surface area contributed by atoms with Gasteiger partial charge < -0.3 is 15.4 Å². The molecule has 0 bridgehead atoms. The maximum absolute atomic E-state index is 12.1. The third kappa shape index (κ3) is 4.50. The average Bonchev–Trinajstić information content (AvgIpc) is 2.48. The number of hydrogen-bond acceptors (Lipinski definition) is 5. The molecule has 8 heteroatoms. The van der Waals surface area contributed by atoms with Crippen LogP contribution in [0.25, 0.3) is 0 Å². The molecule has 0 spiro atoms. The van der Waals surface area contributed by atoms with E-state index < -0.39 is 17.7 Å². The van der Waals surface area contributed by atoms with Gasteiger partial charge in [0.25, 0.3) is 0 Å². The lowest BCUT2D eigenvalue weighted by Gasteiger charge is -2.22. The topological polar surface area (TPSA) is 80.3 Å². The first kappa shape index (κ1) is 15.9. The predicted molar refractivity (Wildman–Crippen MR) is 81.8 cm³/mol. The Labute approximate surface area is 132 Å². The van der Waals surface area contributed by atoms with Crippen molar-refractivity contribution in [1.82, 2.24) is 10.3 Å². The molecule has 0 aliphatic carbocycles. The van der Waals surface area contributed by atoms with Gasteiger partial charge in [0, 0.05) is 10.6 Å². The van der Waals surface area contributed by atoms with Crippen molar-refractivity contribution in [1.29, 1.82) is 0 Å². The minimum Gasteiger partial charge on any atom is -0.444 e. The van der Waals surface area contributed by atoms with Gasteiger partial charge in [-0.3, -0.25) is 4.79 Å². The van der Waals surface area contributed by atoms with E-state index in [2.05, 4.69) is 15.6 Å². The van der Waals surface area contributed by atoms with Crippen LogP contribution in [0.4, 0.5) is 10.5 Å². The van der Waals surface area contributed by atoms with Gasteiger partial charge >= 0.3 is 6.09 Å². The van der Waals surface area contributed by atoms with Crippen molar-refractivity contribution in [3.05, 3.63) is 17.4 Å². The van der Waals surface area contributed by atoms with Crippen LogP contribution in [-0.2, 0) is 9.53 Å². The van der Waals surface area contributed by atoms with Crippen LogP contribution < -0.4 is 10.6 Å². The van der Waals surface area contributed by atoms with Gasteiger partial charge in [-0.1, -0.05) is 11.6 Å². The van der Waals surface area contributed by atoms with Crippen molar-refractivity contribution in [3.63, 3.8) is 0 Å². The van der Waals surface area contributed by atoms with E-state index in [1.807, 2.05) is 0 Å². The van der Waals surface area contributed by atoms with Crippen molar-refractivity contribution in [2.45, 2.75) is 37.3 Å². The Morgan fingerprint density at radius 2 is 2.29 bits per heavy atom. The number of pyridine rings is 1. The number of carbonyl (C=O) groups is 2. The molecular weight excluding hydrogens is 314 g/mol. The fourth-order valence-corrected chi connectivity index (χ4v) is 2.91. The predicted octanol–water partition coefficient (Wildman–Crippen LogP) is 2.67. The van der Waals surface area contributed by atoms with Gasteiger partial charge in [0.05, 0.1) is 11.9 Å². The highest BCUT2D eigenvalue weighted by atomic mass is 35.5. The van der Waals surface area contributed by atoms with Crippen molar-refractivity contribution in [3.8, 4) is 0 Å². The Hall–Kier alpha value is -1.47. The van der Waals surface area contributed by atoms with Crippen LogP contribution in [0, 0.1) is 0 Å². The zero-order valence-corrected chi connectivity index (χ0v) is 13.5. The second kappa shape index (κ2) is 6.11. The number of hydrogen-bond donors (Lipinski definition) is 2. The summed E-state index contributed by atoms with van der Waals surface area (Å²) in [6.07, 6.45) is 0.878. The normalized spacial score (nSPS) is 18.3. The summed E-state index contributed by atoms with van der Waals surface area (Å²) < 4.78 is 5.15. The van der Waals surface area contributed by atoms with Gasteiger partial charge in [-0.25, -0.2) is 9.78 Å². The summed E-state index contributed by atoms with van der Waals surface area (Å²) >= 11 is 7.25. The van der Waals surface area contributed by atoms with Crippen LogP contribution in [0.15, 0.2) is 17.2 Å². The van der Waals surface area contributed by atoms with Crippen LogP contribution in [0.5, 0.6) is 0 Å². The van der Waals surface area contributed by atoms with Gasteiger partial charge in [-0.05, 0) is 26.8 Å². The van der Waals surface area contributed by atoms with E-state index in [9.17, 15) is 9.59 Å². The minimum atomic E-state index is -0.684. The molecule has 1 aliphatic heterocycles. The Kier molecular flexibility index (Phi) is 4.63. The molecule has 0 saturated carbocycles. The highest BCUT2D eigenvalue weighted by Crippen LogP contribution is 2.31. The molecule has 1 aromatic rings. The summed E-state index contributed by atoms with van der Waals surface area (Å²) in [7, 11) is 0. The Balaban J connectivity index is 2.05. The third-order valence-electron chi connectivity index (χ3n) is 2.50. The van der Waals surface area contributed by atoms with E-state index in [4.69, 9.17) is 16.3 Å². The summed E-state index contributed by atoms with van der Waals surface area (Å²) in [5.41, 5.74) is -0.0263. The second-order valence-corrected chi connectivity index (χ2v) is 6.95. The molecular formula is C13H16ClN3O3S. The largest absolute Gasteiger partial charge is 0.444 e. The number of alkyl carbamates (subject to hydrolysis) is 1. The van der Waals surface area contributed by atoms with E-state index in [1.54, 1.807) is 26.8 Å². The number of carbonyl (C=O) groups excluding carboxylic acids is 2. The average molecular weight is 330 g/mol. The van der Waals surface area contributed by atoms with Crippen LogP contribution in [0.2, 0.25) is 5.15 Å². The van der Waals surface area contributed by atoms with E-state index in [1.165, 1.54) is 18.0 Å². The summed E-state index contributed by atoms with van der Waals surface area (Å²) in [6.45, 7) is 5.29. The zero-order valence-electron chi connectivity index (χ0n) is 11.9. The van der Waals surface area contributed by atoms with Crippen molar-refractivity contribution >= 4 is 41.1 Å². The van der Waals surface area contributed by atoms with E-state index in [0.717, 1.165) is 4.90 Å². The smallest absolute Gasteiger partial charge is 0.408 e. The van der Waals surface area contributed by atoms with Gasteiger partial charge in [0.15, 0.2) is 0 Å². The molecule has 1 aromatic heterocycles. The van der Waals surface area contributed by atoms with Crippen molar-refractivity contribution < 1.29 is 14.3 Å². The molecule has 0 radical (unpaired) electrons. The van der Waals surface area contributed by atoms with Gasteiger partial charge in [0.1, 0.15) is 16.8 Å². The monoisotopic (exact) mass is 329 g/mol. The van der Waals surface area contributed by atoms with E-state index >= 15 is 0 Å². The number of nitrogens with zero attached hydrogens (tertiary/aromatic N) is 1. The molecule has 1 atom stereocenters. The van der Waals surface area contributed by atoms with Crippen LogP contribution in [0.1, 0.15) is 20.8 Å². The lowest BCUT2D eigenvalue weighted by molar-refractivity contribution is -0.117. The van der Waals surface area contributed by atoms with Gasteiger partial charge in [0.2, 0.25) is 5.91 Å². The first-order chi connectivity index (χ1) is 9.74. The number of thioether (sulfide) groups is 1. The Morgan fingerprint density at radius 1 is 1.57 bits per heavy atom. The highest BCUT2D eigenvalue weighted by molar-refractivity contribution is 7.99. The molecule has 0 unspecified atom stereocenters. The van der Waals surface area contributed by atoms with Crippen molar-refractivity contribution in [2.75, 3.05) is 11.1 Å². The fraction of sp³-hybridized carbons (Fsp3) is 0.462. The van der Waals surface area contributed by atoms with Crippen LogP contribution in [0.3, 0.4) is 0 Å². The number of rotatable bonds is 1. The number of amides is 2. The molecule has 21 heavy (non-hydrogen) atoms. The number of nitrogens with one attached hydrogen (secondary N) is 2. The number of fused-ring (bicyclic) bond motifs is 1. The SMILES string of the molecule is CC(C)(C)OC(=O)N[C@H]1CSc2cc(Cl)ncc2NC1=O. The Morgan fingerprint density at radius 3 is 2.95 bits per heavy atom. The number of anilines is 1. The number of ether oxygens (including phenoxy) is 1. The first-order valence-electron chi connectivity index (χ1n) is 6.33. The number of halogens is 1. The maximum Gasteiger partial charge on any atom is 0.408 e. The van der Waals surface area contributed by atoms with E-state index in [-0.39, 0.29) is 5.91 Å². The minimum absolute atomic E-state index is 0.309. The quantitative estimate of drug-likeness (QED) is 0.774. The molecule has 114 valence electrons. The fourth-order valence-electron chi connectivity index (χ4n) is 1.65. The standard InChI is InChI=1S/C13H16ClN3O3S/c1-13(2,3)20-12(19)17-8-6-21-9-4-10(14)15-5-7(9)16-11(8)18/h4-5,8H,6H2,1-3H3,(H,16,18)(H,17,19)/t8-/m0/s1. The van der Waals surface area contributed by atoms with Crippen LogP contribution in [-0.4, -0.2) is 34.4 Å². The molecule has 2 N–H and O–H groups in total. The second-order valence-electron chi connectivity index (χ2n) is 5.50. The third-order valence-corrected chi connectivity index (χ3v) is 3.86. The molecule has 2 heterocycles. The zero-order chi connectivity index (χ0) is 15.6.